The largest absolute Gasteiger partial charge is 0.347 e. The van der Waals surface area contributed by atoms with E-state index in [0.29, 0.717) is 0 Å². The summed E-state index contributed by atoms with van der Waals surface area (Å²) in [6.45, 7) is 0.00728. The molecule has 0 heterocycles. The van der Waals surface area contributed by atoms with E-state index in [1.807, 2.05) is 30.3 Å². The van der Waals surface area contributed by atoms with Gasteiger partial charge in [-0.1, -0.05) is 30.3 Å². The van der Waals surface area contributed by atoms with E-state index >= 15 is 0 Å². The average Bonchev–Trinajstić information content (AvgIpc) is 2.36. The minimum Gasteiger partial charge on any atom is -0.347 e. The topological polar surface area (TPSA) is 75.4 Å². The minimum absolute atomic E-state index is 0.00728. The van der Waals surface area contributed by atoms with Gasteiger partial charge in [0.05, 0.1) is 6.54 Å². The Labute approximate surface area is 107 Å². The van der Waals surface area contributed by atoms with E-state index in [9.17, 15) is 9.59 Å². The zero-order valence-electron chi connectivity index (χ0n) is 10.7. The predicted octanol–water partition coefficient (Wildman–Crippen LogP) is 0.281. The normalized spacial score (nSPS) is 11.7. The molecule has 0 spiro atoms. The van der Waals surface area contributed by atoms with Gasteiger partial charge in [0.25, 0.3) is 0 Å². The molecule has 0 radical (unpaired) electrons. The first-order valence-electron chi connectivity index (χ1n) is 5.78. The molecule has 5 heteroatoms. The fourth-order valence-electron chi connectivity index (χ4n) is 1.42. The van der Waals surface area contributed by atoms with E-state index in [1.165, 1.54) is 4.90 Å². The Morgan fingerprint density at radius 3 is 2.44 bits per heavy atom. The van der Waals surface area contributed by atoms with Gasteiger partial charge in [0.1, 0.15) is 0 Å². The van der Waals surface area contributed by atoms with Crippen LogP contribution in [0.2, 0.25) is 0 Å². The Hall–Kier alpha value is -1.88. The maximum Gasteiger partial charge on any atom is 0.241 e. The summed E-state index contributed by atoms with van der Waals surface area (Å²) in [7, 11) is 3.29. The van der Waals surface area contributed by atoms with Crippen molar-refractivity contribution < 1.29 is 9.59 Å². The maximum absolute atomic E-state index is 11.6. The van der Waals surface area contributed by atoms with Gasteiger partial charge in [0.15, 0.2) is 0 Å². The average molecular weight is 249 g/mol. The highest BCUT2D eigenvalue weighted by molar-refractivity contribution is 5.84. The Morgan fingerprint density at radius 1 is 1.28 bits per heavy atom. The second-order valence-electron chi connectivity index (χ2n) is 4.29. The molecule has 0 saturated carbocycles. The number of likely N-dealkylation sites (N-methyl/N-ethyl adjacent to an activating group) is 1. The van der Waals surface area contributed by atoms with Gasteiger partial charge in [-0.3, -0.25) is 9.59 Å². The number of rotatable bonds is 5. The molecule has 0 saturated heterocycles. The standard InChI is InChI=1S/C13H19N3O2/c1-16(2)13(18)9-15-12(17)8-11(14)10-6-4-3-5-7-10/h3-7,11H,8-9,14H2,1-2H3,(H,15,17). The van der Waals surface area contributed by atoms with Crippen LogP contribution < -0.4 is 11.1 Å². The van der Waals surface area contributed by atoms with Gasteiger partial charge in [-0.25, -0.2) is 0 Å². The van der Waals surface area contributed by atoms with Gasteiger partial charge in [-0.05, 0) is 5.56 Å². The fourth-order valence-corrected chi connectivity index (χ4v) is 1.42. The number of carbonyl (C=O) groups is 2. The lowest BCUT2D eigenvalue weighted by molar-refractivity contribution is -0.131. The lowest BCUT2D eigenvalue weighted by atomic mass is 10.0. The number of amides is 2. The first-order chi connectivity index (χ1) is 8.50. The van der Waals surface area contributed by atoms with Crippen LogP contribution in [-0.4, -0.2) is 37.4 Å². The number of carbonyl (C=O) groups excluding carboxylic acids is 2. The highest BCUT2D eigenvalue weighted by Crippen LogP contribution is 2.12. The van der Waals surface area contributed by atoms with Gasteiger partial charge in [0, 0.05) is 26.6 Å². The van der Waals surface area contributed by atoms with Crippen LogP contribution in [0.5, 0.6) is 0 Å². The summed E-state index contributed by atoms with van der Waals surface area (Å²) in [4.78, 5) is 24.3. The van der Waals surface area contributed by atoms with Crippen LogP contribution in [0, 0.1) is 0 Å². The maximum atomic E-state index is 11.6. The van der Waals surface area contributed by atoms with Crippen LogP contribution in [0.15, 0.2) is 30.3 Å². The smallest absolute Gasteiger partial charge is 0.241 e. The Balaban J connectivity index is 2.39. The molecule has 1 aromatic rings. The monoisotopic (exact) mass is 249 g/mol. The van der Waals surface area contributed by atoms with Crippen molar-refractivity contribution in [2.45, 2.75) is 12.5 Å². The first-order valence-corrected chi connectivity index (χ1v) is 5.78. The second-order valence-corrected chi connectivity index (χ2v) is 4.29. The molecular weight excluding hydrogens is 230 g/mol. The van der Waals surface area contributed by atoms with Crippen LogP contribution in [0.25, 0.3) is 0 Å². The first kappa shape index (κ1) is 14.2. The molecule has 1 unspecified atom stereocenters. The van der Waals surface area contributed by atoms with E-state index in [-0.39, 0.29) is 30.8 Å². The van der Waals surface area contributed by atoms with Crippen molar-refractivity contribution >= 4 is 11.8 Å². The quantitative estimate of drug-likeness (QED) is 0.787. The second kappa shape index (κ2) is 6.76. The molecular formula is C13H19N3O2. The molecule has 2 amide bonds. The lowest BCUT2D eigenvalue weighted by Gasteiger charge is -2.13. The molecule has 1 atom stereocenters. The summed E-state index contributed by atoms with van der Waals surface area (Å²) in [5.74, 6) is -0.363. The molecule has 1 rings (SSSR count). The van der Waals surface area contributed by atoms with Gasteiger partial charge in [-0.2, -0.15) is 0 Å². The fraction of sp³-hybridized carbons (Fsp3) is 0.385. The summed E-state index contributed by atoms with van der Waals surface area (Å²) in [6.07, 6.45) is 0.171. The van der Waals surface area contributed by atoms with E-state index in [1.54, 1.807) is 14.1 Å². The number of nitrogens with zero attached hydrogens (tertiary/aromatic N) is 1. The number of nitrogens with one attached hydrogen (secondary N) is 1. The van der Waals surface area contributed by atoms with Crippen LogP contribution in [0.4, 0.5) is 0 Å². The minimum atomic E-state index is -0.347. The number of benzene rings is 1. The molecule has 98 valence electrons. The van der Waals surface area contributed by atoms with E-state index in [0.717, 1.165) is 5.56 Å². The van der Waals surface area contributed by atoms with Crippen molar-refractivity contribution in [3.05, 3.63) is 35.9 Å². The van der Waals surface area contributed by atoms with Gasteiger partial charge in [0.2, 0.25) is 11.8 Å². The molecule has 0 aliphatic rings. The molecule has 0 bridgehead atoms. The third-order valence-electron chi connectivity index (χ3n) is 2.57. The summed E-state index contributed by atoms with van der Waals surface area (Å²) < 4.78 is 0. The Kier molecular flexibility index (Phi) is 5.32. The van der Waals surface area contributed by atoms with Crippen molar-refractivity contribution in [2.75, 3.05) is 20.6 Å². The summed E-state index contributed by atoms with van der Waals surface area (Å²) in [5.41, 5.74) is 6.81. The van der Waals surface area contributed by atoms with Gasteiger partial charge in [-0.15, -0.1) is 0 Å². The molecule has 5 nitrogen and oxygen atoms in total. The zero-order valence-corrected chi connectivity index (χ0v) is 10.7. The van der Waals surface area contributed by atoms with E-state index < -0.39 is 0 Å². The Bertz CT molecular complexity index is 404. The van der Waals surface area contributed by atoms with Crippen LogP contribution in [0.3, 0.4) is 0 Å². The van der Waals surface area contributed by atoms with Gasteiger partial charge >= 0.3 is 0 Å². The molecule has 0 aromatic heterocycles. The summed E-state index contributed by atoms with van der Waals surface area (Å²) >= 11 is 0. The number of hydrogen-bond donors (Lipinski definition) is 2. The van der Waals surface area contributed by atoms with Crippen molar-refractivity contribution in [3.63, 3.8) is 0 Å². The number of nitrogens with two attached hydrogens (primary N) is 1. The van der Waals surface area contributed by atoms with Crippen LogP contribution in [0.1, 0.15) is 18.0 Å². The van der Waals surface area contributed by atoms with Crippen molar-refractivity contribution in [3.8, 4) is 0 Å². The predicted molar refractivity (Wildman–Crippen MR) is 69.7 cm³/mol. The summed E-state index contributed by atoms with van der Waals surface area (Å²) in [5, 5.41) is 2.55. The molecule has 0 aliphatic heterocycles. The Morgan fingerprint density at radius 2 is 1.89 bits per heavy atom. The van der Waals surface area contributed by atoms with Crippen molar-refractivity contribution in [2.24, 2.45) is 5.73 Å². The van der Waals surface area contributed by atoms with Gasteiger partial charge < -0.3 is 16.0 Å². The highest BCUT2D eigenvalue weighted by atomic mass is 16.2. The summed E-state index contributed by atoms with van der Waals surface area (Å²) in [6, 6.07) is 9.06. The highest BCUT2D eigenvalue weighted by Gasteiger charge is 2.12. The lowest BCUT2D eigenvalue weighted by Crippen LogP contribution is -2.37. The third kappa shape index (κ3) is 4.55. The molecule has 1 aromatic carbocycles. The molecule has 0 aliphatic carbocycles. The molecule has 18 heavy (non-hydrogen) atoms. The van der Waals surface area contributed by atoms with Crippen LogP contribution >= 0.6 is 0 Å². The van der Waals surface area contributed by atoms with E-state index in [4.69, 9.17) is 5.73 Å². The van der Waals surface area contributed by atoms with Crippen LogP contribution in [-0.2, 0) is 9.59 Å². The van der Waals surface area contributed by atoms with Crippen molar-refractivity contribution in [1.29, 1.82) is 0 Å². The molecule has 3 N–H and O–H groups in total. The number of hydrogen-bond acceptors (Lipinski definition) is 3. The third-order valence-corrected chi connectivity index (χ3v) is 2.57. The molecule has 0 fully saturated rings. The zero-order chi connectivity index (χ0) is 13.5. The SMILES string of the molecule is CN(C)C(=O)CNC(=O)CC(N)c1ccccc1. The van der Waals surface area contributed by atoms with Crippen molar-refractivity contribution in [1.82, 2.24) is 10.2 Å². The van der Waals surface area contributed by atoms with E-state index in [2.05, 4.69) is 5.32 Å².